The molecule has 1 aromatic carbocycles. The van der Waals surface area contributed by atoms with Crippen LogP contribution in [-0.4, -0.2) is 30.1 Å². The maximum absolute atomic E-state index is 12.8. The standard InChI is InChI=1S/C14H19FN2O2/c1-11(18)17(14-6-8-16-9-7-14)19-10-12-2-4-13(15)5-3-12/h2-5,14,16H,6-10H2,1H3. The van der Waals surface area contributed by atoms with Gasteiger partial charge in [0.05, 0.1) is 6.04 Å². The number of benzene rings is 1. The van der Waals surface area contributed by atoms with E-state index in [-0.39, 0.29) is 24.4 Å². The van der Waals surface area contributed by atoms with Gasteiger partial charge in [-0.2, -0.15) is 0 Å². The van der Waals surface area contributed by atoms with Gasteiger partial charge in [-0.15, -0.1) is 0 Å². The first kappa shape index (κ1) is 14.0. The first-order chi connectivity index (χ1) is 9.16. The van der Waals surface area contributed by atoms with Gasteiger partial charge in [0.15, 0.2) is 0 Å². The molecule has 1 amide bonds. The molecule has 19 heavy (non-hydrogen) atoms. The summed E-state index contributed by atoms with van der Waals surface area (Å²) >= 11 is 0. The van der Waals surface area contributed by atoms with Gasteiger partial charge < -0.3 is 5.32 Å². The summed E-state index contributed by atoms with van der Waals surface area (Å²) in [6.07, 6.45) is 1.78. The van der Waals surface area contributed by atoms with Crippen molar-refractivity contribution >= 4 is 5.91 Å². The molecule has 5 heteroatoms. The largest absolute Gasteiger partial charge is 0.317 e. The van der Waals surface area contributed by atoms with E-state index in [9.17, 15) is 9.18 Å². The number of hydroxylamine groups is 2. The van der Waals surface area contributed by atoms with Crippen molar-refractivity contribution in [3.63, 3.8) is 0 Å². The Hall–Kier alpha value is -1.46. The topological polar surface area (TPSA) is 41.6 Å². The average Bonchev–Trinajstić information content (AvgIpc) is 2.42. The average molecular weight is 266 g/mol. The molecule has 0 saturated carbocycles. The van der Waals surface area contributed by atoms with Gasteiger partial charge in [0.1, 0.15) is 12.4 Å². The van der Waals surface area contributed by atoms with Crippen molar-refractivity contribution in [1.29, 1.82) is 0 Å². The molecule has 1 aromatic rings. The lowest BCUT2D eigenvalue weighted by Gasteiger charge is -2.32. The predicted octanol–water partition coefficient (Wildman–Crippen LogP) is 1.86. The monoisotopic (exact) mass is 266 g/mol. The summed E-state index contributed by atoms with van der Waals surface area (Å²) in [4.78, 5) is 17.2. The summed E-state index contributed by atoms with van der Waals surface area (Å²) in [6.45, 7) is 3.58. The molecule has 0 aromatic heterocycles. The van der Waals surface area contributed by atoms with E-state index in [4.69, 9.17) is 4.84 Å². The number of carbonyl (C=O) groups excluding carboxylic acids is 1. The smallest absolute Gasteiger partial charge is 0.243 e. The van der Waals surface area contributed by atoms with Gasteiger partial charge in [-0.1, -0.05) is 12.1 Å². The second-order valence-electron chi connectivity index (χ2n) is 4.73. The Bertz CT molecular complexity index is 416. The second kappa shape index (κ2) is 6.63. The maximum Gasteiger partial charge on any atom is 0.243 e. The Kier molecular flexibility index (Phi) is 4.87. The van der Waals surface area contributed by atoms with Crippen molar-refractivity contribution < 1.29 is 14.0 Å². The molecule has 0 aliphatic carbocycles. The number of hydrogen-bond acceptors (Lipinski definition) is 3. The van der Waals surface area contributed by atoms with Gasteiger partial charge in [0.25, 0.3) is 0 Å². The lowest BCUT2D eigenvalue weighted by atomic mass is 10.1. The van der Waals surface area contributed by atoms with E-state index in [1.165, 1.54) is 24.1 Å². The summed E-state index contributed by atoms with van der Waals surface area (Å²) in [5.41, 5.74) is 0.849. The zero-order valence-corrected chi connectivity index (χ0v) is 11.1. The molecule has 0 radical (unpaired) electrons. The van der Waals surface area contributed by atoms with Gasteiger partial charge in [-0.3, -0.25) is 9.63 Å². The molecule has 2 rings (SSSR count). The van der Waals surface area contributed by atoms with Gasteiger partial charge in [0, 0.05) is 6.92 Å². The maximum atomic E-state index is 12.8. The van der Waals surface area contributed by atoms with Crippen LogP contribution in [0.15, 0.2) is 24.3 Å². The summed E-state index contributed by atoms with van der Waals surface area (Å²) in [5.74, 6) is -0.362. The zero-order valence-electron chi connectivity index (χ0n) is 11.1. The van der Waals surface area contributed by atoms with Crippen molar-refractivity contribution in [1.82, 2.24) is 10.4 Å². The molecule has 1 saturated heterocycles. The Morgan fingerprint density at radius 3 is 2.58 bits per heavy atom. The van der Waals surface area contributed by atoms with Crippen LogP contribution in [0, 0.1) is 5.82 Å². The highest BCUT2D eigenvalue weighted by atomic mass is 19.1. The molecule has 0 bridgehead atoms. The van der Waals surface area contributed by atoms with Crippen LogP contribution in [0.3, 0.4) is 0 Å². The fourth-order valence-electron chi connectivity index (χ4n) is 2.22. The predicted molar refractivity (Wildman–Crippen MR) is 69.6 cm³/mol. The van der Waals surface area contributed by atoms with Crippen LogP contribution in [0.25, 0.3) is 0 Å². The molecule has 1 heterocycles. The van der Waals surface area contributed by atoms with E-state index in [2.05, 4.69) is 5.32 Å². The molecule has 1 N–H and O–H groups in total. The highest BCUT2D eigenvalue weighted by molar-refractivity contribution is 5.72. The minimum absolute atomic E-state index is 0.0889. The molecule has 0 unspecified atom stereocenters. The first-order valence-corrected chi connectivity index (χ1v) is 6.54. The third-order valence-electron chi connectivity index (χ3n) is 3.23. The van der Waals surface area contributed by atoms with Crippen LogP contribution in [0.1, 0.15) is 25.3 Å². The third-order valence-corrected chi connectivity index (χ3v) is 3.23. The van der Waals surface area contributed by atoms with E-state index in [1.54, 1.807) is 12.1 Å². The van der Waals surface area contributed by atoms with Crippen LogP contribution in [0.4, 0.5) is 4.39 Å². The minimum Gasteiger partial charge on any atom is -0.317 e. The van der Waals surface area contributed by atoms with E-state index < -0.39 is 0 Å². The molecule has 0 atom stereocenters. The van der Waals surface area contributed by atoms with Crippen molar-refractivity contribution in [2.24, 2.45) is 0 Å². The van der Waals surface area contributed by atoms with Crippen molar-refractivity contribution in [2.75, 3.05) is 13.1 Å². The fourth-order valence-corrected chi connectivity index (χ4v) is 2.22. The van der Waals surface area contributed by atoms with Crippen molar-refractivity contribution in [2.45, 2.75) is 32.4 Å². The van der Waals surface area contributed by atoms with Crippen molar-refractivity contribution in [3.8, 4) is 0 Å². The molecular weight excluding hydrogens is 247 g/mol. The van der Waals surface area contributed by atoms with E-state index in [1.807, 2.05) is 0 Å². The summed E-state index contributed by atoms with van der Waals surface area (Å²) in [7, 11) is 0. The number of amides is 1. The lowest BCUT2D eigenvalue weighted by Crippen LogP contribution is -2.45. The molecule has 1 fully saturated rings. The molecule has 1 aliphatic rings. The van der Waals surface area contributed by atoms with E-state index in [0.717, 1.165) is 31.5 Å². The number of piperidine rings is 1. The third kappa shape index (κ3) is 4.01. The van der Waals surface area contributed by atoms with E-state index >= 15 is 0 Å². The van der Waals surface area contributed by atoms with Crippen LogP contribution in [0.5, 0.6) is 0 Å². The number of nitrogens with one attached hydrogen (secondary N) is 1. The quantitative estimate of drug-likeness (QED) is 0.846. The Labute approximate surface area is 112 Å². The van der Waals surface area contributed by atoms with Gasteiger partial charge in [0.2, 0.25) is 5.91 Å². The highest BCUT2D eigenvalue weighted by Crippen LogP contribution is 2.14. The number of carbonyl (C=O) groups is 1. The molecule has 104 valence electrons. The highest BCUT2D eigenvalue weighted by Gasteiger charge is 2.24. The van der Waals surface area contributed by atoms with Gasteiger partial charge in [-0.25, -0.2) is 9.45 Å². The Morgan fingerprint density at radius 2 is 2.00 bits per heavy atom. The van der Waals surface area contributed by atoms with Gasteiger partial charge in [-0.05, 0) is 43.6 Å². The summed E-state index contributed by atoms with van der Waals surface area (Å²) in [5, 5.41) is 4.72. The fraction of sp³-hybridized carbons (Fsp3) is 0.500. The molecular formula is C14H19FN2O2. The van der Waals surface area contributed by atoms with Crippen molar-refractivity contribution in [3.05, 3.63) is 35.6 Å². The lowest BCUT2D eigenvalue weighted by molar-refractivity contribution is -0.206. The van der Waals surface area contributed by atoms with Crippen LogP contribution >= 0.6 is 0 Å². The van der Waals surface area contributed by atoms with E-state index in [0.29, 0.717) is 0 Å². The molecule has 1 aliphatic heterocycles. The minimum atomic E-state index is -0.273. The SMILES string of the molecule is CC(=O)N(OCc1ccc(F)cc1)C1CCNCC1. The van der Waals surface area contributed by atoms with Gasteiger partial charge >= 0.3 is 0 Å². The van der Waals surface area contributed by atoms with Crippen LogP contribution in [-0.2, 0) is 16.2 Å². The van der Waals surface area contributed by atoms with Crippen LogP contribution < -0.4 is 5.32 Å². The number of hydrogen-bond donors (Lipinski definition) is 1. The number of halogens is 1. The Balaban J connectivity index is 1.93. The summed E-state index contributed by atoms with van der Waals surface area (Å²) in [6, 6.07) is 6.23. The first-order valence-electron chi connectivity index (χ1n) is 6.54. The number of nitrogens with zero attached hydrogens (tertiary/aromatic N) is 1. The second-order valence-corrected chi connectivity index (χ2v) is 4.73. The normalized spacial score (nSPS) is 16.3. The zero-order chi connectivity index (χ0) is 13.7. The Morgan fingerprint density at radius 1 is 1.37 bits per heavy atom. The molecule has 4 nitrogen and oxygen atoms in total. The molecule has 0 spiro atoms. The van der Waals surface area contributed by atoms with Crippen LogP contribution in [0.2, 0.25) is 0 Å². The number of rotatable bonds is 4. The summed E-state index contributed by atoms with van der Waals surface area (Å²) < 4.78 is 12.8.